The Morgan fingerprint density at radius 3 is 2.77 bits per heavy atom. The number of hydrogen-bond acceptors (Lipinski definition) is 6. The summed E-state index contributed by atoms with van der Waals surface area (Å²) < 4.78 is 5.71. The third-order valence-corrected chi connectivity index (χ3v) is 5.82. The van der Waals surface area contributed by atoms with E-state index >= 15 is 0 Å². The second-order valence-corrected chi connectivity index (χ2v) is 7.81. The zero-order valence-corrected chi connectivity index (χ0v) is 18.4. The van der Waals surface area contributed by atoms with E-state index in [0.29, 0.717) is 49.5 Å². The van der Waals surface area contributed by atoms with Gasteiger partial charge in [0.15, 0.2) is 0 Å². The monoisotopic (exact) mass is 457 g/mol. The van der Waals surface area contributed by atoms with Gasteiger partial charge in [0.05, 0.1) is 29.6 Å². The number of aromatic amines is 1. The highest BCUT2D eigenvalue weighted by molar-refractivity contribution is 5.85. The molecule has 2 heterocycles. The lowest BCUT2D eigenvalue weighted by Crippen LogP contribution is -2.58. The number of aromatic nitrogens is 2. The number of para-hydroxylation sites is 1. The van der Waals surface area contributed by atoms with E-state index in [1.165, 1.54) is 0 Å². The van der Waals surface area contributed by atoms with Crippen molar-refractivity contribution in [2.45, 2.75) is 43.9 Å². The summed E-state index contributed by atoms with van der Waals surface area (Å²) in [6.07, 6.45) is 3.50. The van der Waals surface area contributed by atoms with E-state index in [2.05, 4.69) is 20.2 Å². The smallest absolute Gasteiger partial charge is 0.258 e. The minimum atomic E-state index is -0.537. The molecule has 1 aromatic heterocycles. The number of amides is 1. The number of ether oxygens (including phenoxy) is 1. The Bertz CT molecular complexity index is 917. The molecule has 30 heavy (non-hydrogen) atoms. The van der Waals surface area contributed by atoms with Gasteiger partial charge in [-0.05, 0) is 25.0 Å². The van der Waals surface area contributed by atoms with Gasteiger partial charge in [0.25, 0.3) is 11.5 Å². The van der Waals surface area contributed by atoms with Gasteiger partial charge in [-0.3, -0.25) is 14.5 Å². The number of hydrogen-bond donors (Lipinski definition) is 3. The lowest BCUT2D eigenvalue weighted by Gasteiger charge is -2.35. The largest absolute Gasteiger partial charge is 0.366 e. The molecule has 0 radical (unpaired) electrons. The van der Waals surface area contributed by atoms with Crippen LogP contribution >= 0.6 is 24.8 Å². The van der Waals surface area contributed by atoms with Gasteiger partial charge >= 0.3 is 0 Å². The van der Waals surface area contributed by atoms with Gasteiger partial charge in [-0.2, -0.15) is 0 Å². The fraction of sp³-hybridized carbons (Fsp3) is 0.550. The van der Waals surface area contributed by atoms with Crippen LogP contribution in [0.2, 0.25) is 0 Å². The first-order valence-electron chi connectivity index (χ1n) is 9.93. The molecule has 0 bridgehead atoms. The van der Waals surface area contributed by atoms with Crippen LogP contribution in [0.15, 0.2) is 29.1 Å². The third kappa shape index (κ3) is 5.31. The van der Waals surface area contributed by atoms with Crippen LogP contribution < -0.4 is 16.6 Å². The fourth-order valence-electron chi connectivity index (χ4n) is 4.20. The fourth-order valence-corrected chi connectivity index (χ4v) is 4.20. The summed E-state index contributed by atoms with van der Waals surface area (Å²) in [5.74, 6) is 0.496. The first-order chi connectivity index (χ1) is 13.6. The molecule has 10 heteroatoms. The van der Waals surface area contributed by atoms with Crippen molar-refractivity contribution in [3.05, 3.63) is 40.4 Å². The standard InChI is InChI=1S/C20H27N5O3.2ClH/c21-13-20(7-3-4-8-20)24-19(27)16-11-25(9-10-28-16)12-17-22-15-6-2-1-5-14(15)18(26)23-17;;/h1-2,5-6,16H,3-4,7-13,21H2,(H,24,27)(H,22,23,26);2*1H. The topological polar surface area (TPSA) is 113 Å². The molecule has 2 fully saturated rings. The number of morpholine rings is 1. The predicted molar refractivity (Wildman–Crippen MR) is 120 cm³/mol. The van der Waals surface area contributed by atoms with Crippen molar-refractivity contribution in [1.82, 2.24) is 20.2 Å². The molecule has 1 aliphatic carbocycles. The Labute approximate surface area is 187 Å². The van der Waals surface area contributed by atoms with Gasteiger partial charge < -0.3 is 20.8 Å². The molecular formula is C20H29Cl2N5O3. The lowest BCUT2D eigenvalue weighted by atomic mass is 9.97. The predicted octanol–water partition coefficient (Wildman–Crippen LogP) is 1.36. The molecule has 4 N–H and O–H groups in total. The summed E-state index contributed by atoms with van der Waals surface area (Å²) in [7, 11) is 0. The van der Waals surface area contributed by atoms with Crippen molar-refractivity contribution in [1.29, 1.82) is 0 Å². The summed E-state index contributed by atoms with van der Waals surface area (Å²) in [6, 6.07) is 7.28. The zero-order chi connectivity index (χ0) is 19.6. The Balaban J connectivity index is 0.00000160. The molecule has 1 aliphatic heterocycles. The molecule has 1 saturated carbocycles. The average Bonchev–Trinajstić information content (AvgIpc) is 3.17. The van der Waals surface area contributed by atoms with E-state index in [1.54, 1.807) is 6.07 Å². The second kappa shape index (κ2) is 10.5. The van der Waals surface area contributed by atoms with Crippen LogP contribution in [0.5, 0.6) is 0 Å². The summed E-state index contributed by atoms with van der Waals surface area (Å²) in [5, 5.41) is 3.72. The number of rotatable bonds is 5. The molecule has 1 unspecified atom stereocenters. The molecule has 1 saturated heterocycles. The lowest BCUT2D eigenvalue weighted by molar-refractivity contribution is -0.140. The Morgan fingerprint density at radius 2 is 2.03 bits per heavy atom. The third-order valence-electron chi connectivity index (χ3n) is 5.82. The van der Waals surface area contributed by atoms with E-state index in [0.717, 1.165) is 25.7 Å². The van der Waals surface area contributed by atoms with Crippen LogP contribution in [-0.2, 0) is 16.1 Å². The van der Waals surface area contributed by atoms with Crippen molar-refractivity contribution in [2.75, 3.05) is 26.2 Å². The molecule has 166 valence electrons. The number of nitrogens with zero attached hydrogens (tertiary/aromatic N) is 2. The van der Waals surface area contributed by atoms with Crippen LogP contribution in [0.4, 0.5) is 0 Å². The maximum atomic E-state index is 12.8. The van der Waals surface area contributed by atoms with Crippen LogP contribution in [0.1, 0.15) is 31.5 Å². The van der Waals surface area contributed by atoms with E-state index in [4.69, 9.17) is 10.5 Å². The highest BCUT2D eigenvalue weighted by Gasteiger charge is 2.37. The SMILES string of the molecule is Cl.Cl.NCC1(NC(=O)C2CN(Cc3nc4ccccc4c(=O)[nH]3)CCO2)CCCC1. The maximum absolute atomic E-state index is 12.8. The quantitative estimate of drug-likeness (QED) is 0.624. The van der Waals surface area contributed by atoms with Crippen LogP contribution in [0.3, 0.4) is 0 Å². The maximum Gasteiger partial charge on any atom is 0.258 e. The van der Waals surface area contributed by atoms with Gasteiger partial charge in [-0.15, -0.1) is 24.8 Å². The van der Waals surface area contributed by atoms with E-state index in [-0.39, 0.29) is 41.8 Å². The minimum absolute atomic E-state index is 0. The van der Waals surface area contributed by atoms with Crippen molar-refractivity contribution in [3.63, 3.8) is 0 Å². The number of H-pyrrole nitrogens is 1. The van der Waals surface area contributed by atoms with Gasteiger partial charge in [0.1, 0.15) is 11.9 Å². The number of carbonyl (C=O) groups is 1. The number of nitrogens with two attached hydrogens (primary N) is 1. The highest BCUT2D eigenvalue weighted by Crippen LogP contribution is 2.29. The molecule has 1 aromatic carbocycles. The van der Waals surface area contributed by atoms with Gasteiger partial charge in [0.2, 0.25) is 0 Å². The number of fused-ring (bicyclic) bond motifs is 1. The summed E-state index contributed by atoms with van der Waals surface area (Å²) in [4.78, 5) is 34.5. The van der Waals surface area contributed by atoms with E-state index in [9.17, 15) is 9.59 Å². The summed E-state index contributed by atoms with van der Waals surface area (Å²) >= 11 is 0. The van der Waals surface area contributed by atoms with Crippen molar-refractivity contribution < 1.29 is 9.53 Å². The molecule has 0 spiro atoms. The van der Waals surface area contributed by atoms with Gasteiger partial charge in [-0.1, -0.05) is 25.0 Å². The number of nitrogens with one attached hydrogen (secondary N) is 2. The van der Waals surface area contributed by atoms with E-state index in [1.807, 2.05) is 18.2 Å². The first-order valence-corrected chi connectivity index (χ1v) is 9.93. The number of halogens is 2. The highest BCUT2D eigenvalue weighted by atomic mass is 35.5. The van der Waals surface area contributed by atoms with Crippen LogP contribution in [-0.4, -0.2) is 58.7 Å². The summed E-state index contributed by atoms with van der Waals surface area (Å²) in [5.41, 5.74) is 6.18. The van der Waals surface area contributed by atoms with Gasteiger partial charge in [0, 0.05) is 19.6 Å². The molecule has 1 atom stereocenters. The average molecular weight is 458 g/mol. The Hall–Kier alpha value is -1.71. The minimum Gasteiger partial charge on any atom is -0.366 e. The normalized spacial score (nSPS) is 20.9. The summed E-state index contributed by atoms with van der Waals surface area (Å²) in [6.45, 7) is 2.53. The van der Waals surface area contributed by atoms with Crippen molar-refractivity contribution >= 4 is 41.6 Å². The van der Waals surface area contributed by atoms with Crippen molar-refractivity contribution in [2.24, 2.45) is 5.73 Å². The Morgan fingerprint density at radius 1 is 1.30 bits per heavy atom. The van der Waals surface area contributed by atoms with E-state index < -0.39 is 6.10 Å². The molecule has 2 aliphatic rings. The Kier molecular flexibility index (Phi) is 8.63. The molecule has 4 rings (SSSR count). The van der Waals surface area contributed by atoms with Crippen LogP contribution in [0, 0.1) is 0 Å². The van der Waals surface area contributed by atoms with Gasteiger partial charge in [-0.25, -0.2) is 4.98 Å². The first kappa shape index (κ1) is 24.6. The number of carbonyl (C=O) groups excluding carboxylic acids is 1. The molecular weight excluding hydrogens is 429 g/mol. The van der Waals surface area contributed by atoms with Crippen molar-refractivity contribution in [3.8, 4) is 0 Å². The van der Waals surface area contributed by atoms with Crippen LogP contribution in [0.25, 0.3) is 10.9 Å². The zero-order valence-electron chi connectivity index (χ0n) is 16.8. The molecule has 1 amide bonds. The number of benzene rings is 1. The second-order valence-electron chi connectivity index (χ2n) is 7.81. The molecule has 2 aromatic rings. The molecule has 8 nitrogen and oxygen atoms in total.